The number of imidazole rings is 1. The van der Waals surface area contributed by atoms with Crippen molar-refractivity contribution < 1.29 is 9.21 Å². The first-order valence-electron chi connectivity index (χ1n) is 9.07. The second kappa shape index (κ2) is 6.49. The number of aromatic nitrogens is 5. The molecule has 140 valence electrons. The van der Waals surface area contributed by atoms with Gasteiger partial charge in [-0.2, -0.15) is 5.10 Å². The van der Waals surface area contributed by atoms with E-state index in [1.54, 1.807) is 23.5 Å². The smallest absolute Gasteiger partial charge is 0.275 e. The Morgan fingerprint density at radius 1 is 1.25 bits per heavy atom. The first-order valence-corrected chi connectivity index (χ1v) is 9.07. The maximum atomic E-state index is 13.3. The Morgan fingerprint density at radius 2 is 2.18 bits per heavy atom. The number of fused-ring (bicyclic) bond motifs is 1. The molecule has 5 rings (SSSR count). The summed E-state index contributed by atoms with van der Waals surface area (Å²) in [6, 6.07) is 10.8. The quantitative estimate of drug-likeness (QED) is 0.574. The van der Waals surface area contributed by atoms with Crippen LogP contribution in [0.5, 0.6) is 0 Å². The summed E-state index contributed by atoms with van der Waals surface area (Å²) in [4.78, 5) is 27.2. The molecular formula is C20H18N6O2. The Balaban J connectivity index is 1.51. The summed E-state index contributed by atoms with van der Waals surface area (Å²) in [5.41, 5.74) is 3.65. The summed E-state index contributed by atoms with van der Waals surface area (Å²) in [5.74, 6) is 1.28. The lowest BCUT2D eigenvalue weighted by molar-refractivity contribution is 0.0681. The van der Waals surface area contributed by atoms with Crippen molar-refractivity contribution in [2.24, 2.45) is 0 Å². The zero-order chi connectivity index (χ0) is 19.1. The van der Waals surface area contributed by atoms with E-state index in [1.807, 2.05) is 37.3 Å². The Hall–Kier alpha value is -3.68. The molecule has 1 aliphatic rings. The van der Waals surface area contributed by atoms with E-state index in [2.05, 4.69) is 25.1 Å². The molecule has 0 saturated heterocycles. The van der Waals surface area contributed by atoms with Crippen molar-refractivity contribution in [1.29, 1.82) is 0 Å². The van der Waals surface area contributed by atoms with Crippen molar-refractivity contribution in [1.82, 2.24) is 30.0 Å². The molecule has 5 heterocycles. The highest BCUT2D eigenvalue weighted by molar-refractivity contribution is 5.94. The molecule has 8 heteroatoms. The lowest BCUT2D eigenvalue weighted by Crippen LogP contribution is -2.41. The number of pyridine rings is 1. The van der Waals surface area contributed by atoms with Gasteiger partial charge >= 0.3 is 0 Å². The van der Waals surface area contributed by atoms with Crippen LogP contribution in [0.4, 0.5) is 0 Å². The van der Waals surface area contributed by atoms with Gasteiger partial charge in [-0.1, -0.05) is 6.07 Å². The van der Waals surface area contributed by atoms with E-state index >= 15 is 0 Å². The van der Waals surface area contributed by atoms with E-state index in [1.165, 1.54) is 0 Å². The van der Waals surface area contributed by atoms with Crippen LogP contribution in [0.25, 0.3) is 11.5 Å². The largest absolute Gasteiger partial charge is 0.460 e. The zero-order valence-corrected chi connectivity index (χ0v) is 15.2. The van der Waals surface area contributed by atoms with Gasteiger partial charge in [-0.15, -0.1) is 0 Å². The predicted octanol–water partition coefficient (Wildman–Crippen LogP) is 2.88. The van der Waals surface area contributed by atoms with Crippen molar-refractivity contribution in [2.45, 2.75) is 19.4 Å². The highest BCUT2D eigenvalue weighted by atomic mass is 16.3. The number of hydrogen-bond acceptors (Lipinski definition) is 5. The summed E-state index contributed by atoms with van der Waals surface area (Å²) in [5, 5.41) is 7.12. The highest BCUT2D eigenvalue weighted by Gasteiger charge is 2.36. The number of nitrogens with zero attached hydrogens (tertiary/aromatic N) is 4. The van der Waals surface area contributed by atoms with Gasteiger partial charge in [-0.05, 0) is 31.2 Å². The van der Waals surface area contributed by atoms with E-state index in [4.69, 9.17) is 4.42 Å². The van der Waals surface area contributed by atoms with Crippen LogP contribution in [0.3, 0.4) is 0 Å². The average molecular weight is 374 g/mol. The van der Waals surface area contributed by atoms with Gasteiger partial charge in [0.25, 0.3) is 5.91 Å². The molecule has 1 atom stereocenters. The first kappa shape index (κ1) is 16.5. The van der Waals surface area contributed by atoms with Crippen LogP contribution in [-0.2, 0) is 6.42 Å². The number of aryl methyl sites for hydroxylation is 1. The lowest BCUT2D eigenvalue weighted by Gasteiger charge is -2.34. The molecule has 0 saturated carbocycles. The van der Waals surface area contributed by atoms with Crippen molar-refractivity contribution in [3.63, 3.8) is 0 Å². The molecule has 0 bridgehead atoms. The van der Waals surface area contributed by atoms with Crippen LogP contribution in [-0.4, -0.2) is 42.5 Å². The average Bonchev–Trinajstić information content (AvgIpc) is 3.47. The SMILES string of the molecule is Cc1ccc(-c2cc(C(=O)N3CCc4[nH]cnc4C3c3ccccn3)n[nH]2)o1. The second-order valence-electron chi connectivity index (χ2n) is 6.75. The number of furan rings is 1. The number of hydrogen-bond donors (Lipinski definition) is 2. The Morgan fingerprint density at radius 3 is 2.96 bits per heavy atom. The molecule has 0 aromatic carbocycles. The van der Waals surface area contributed by atoms with E-state index in [-0.39, 0.29) is 11.9 Å². The normalized spacial score (nSPS) is 16.2. The van der Waals surface area contributed by atoms with Crippen LogP contribution < -0.4 is 0 Å². The predicted molar refractivity (Wildman–Crippen MR) is 100 cm³/mol. The minimum Gasteiger partial charge on any atom is -0.460 e. The molecule has 0 spiro atoms. The molecule has 1 amide bonds. The molecule has 0 radical (unpaired) electrons. The van der Waals surface area contributed by atoms with Gasteiger partial charge in [-0.25, -0.2) is 4.98 Å². The van der Waals surface area contributed by atoms with Gasteiger partial charge in [0.05, 0.1) is 17.7 Å². The Labute approximate surface area is 160 Å². The minimum absolute atomic E-state index is 0.171. The van der Waals surface area contributed by atoms with Crippen LogP contribution in [0.15, 0.2) is 53.3 Å². The van der Waals surface area contributed by atoms with E-state index in [0.717, 1.165) is 22.8 Å². The van der Waals surface area contributed by atoms with Gasteiger partial charge < -0.3 is 14.3 Å². The summed E-state index contributed by atoms with van der Waals surface area (Å²) in [6.07, 6.45) is 4.10. The van der Waals surface area contributed by atoms with Gasteiger partial charge in [0.2, 0.25) is 0 Å². The van der Waals surface area contributed by atoms with E-state index in [0.29, 0.717) is 30.1 Å². The molecule has 4 aromatic heterocycles. The molecule has 8 nitrogen and oxygen atoms in total. The van der Waals surface area contributed by atoms with Crippen molar-refractivity contribution in [3.8, 4) is 11.5 Å². The molecule has 2 N–H and O–H groups in total. The van der Waals surface area contributed by atoms with Gasteiger partial charge in [0.15, 0.2) is 11.5 Å². The zero-order valence-electron chi connectivity index (χ0n) is 15.2. The molecule has 28 heavy (non-hydrogen) atoms. The first-order chi connectivity index (χ1) is 13.7. The fourth-order valence-electron chi connectivity index (χ4n) is 3.62. The fraction of sp³-hybridized carbons (Fsp3) is 0.200. The summed E-state index contributed by atoms with van der Waals surface area (Å²) in [6.45, 7) is 2.43. The monoisotopic (exact) mass is 374 g/mol. The molecule has 4 aromatic rings. The van der Waals surface area contributed by atoms with Gasteiger partial charge in [-0.3, -0.25) is 14.9 Å². The number of carbonyl (C=O) groups excluding carboxylic acids is 1. The van der Waals surface area contributed by atoms with Crippen LogP contribution in [0.1, 0.15) is 39.4 Å². The third kappa shape index (κ3) is 2.70. The van der Waals surface area contributed by atoms with Crippen molar-refractivity contribution in [3.05, 3.63) is 77.5 Å². The number of aromatic amines is 2. The number of carbonyl (C=O) groups is 1. The Bertz CT molecular complexity index is 1130. The summed E-state index contributed by atoms with van der Waals surface area (Å²) in [7, 11) is 0. The van der Waals surface area contributed by atoms with E-state index < -0.39 is 0 Å². The molecule has 0 aliphatic carbocycles. The maximum absolute atomic E-state index is 13.3. The number of nitrogens with one attached hydrogen (secondary N) is 2. The maximum Gasteiger partial charge on any atom is 0.275 e. The van der Waals surface area contributed by atoms with Crippen LogP contribution in [0.2, 0.25) is 0 Å². The van der Waals surface area contributed by atoms with Crippen molar-refractivity contribution in [2.75, 3.05) is 6.54 Å². The topological polar surface area (TPSA) is 104 Å². The standard InChI is InChI=1S/C20H18N6O2/c1-12-5-6-17(28-12)15-10-16(25-24-15)20(27)26-9-7-13-18(23-11-22-13)19(26)14-4-2-3-8-21-14/h2-6,8,10-11,19H,7,9H2,1H3,(H,22,23)(H,24,25). The van der Waals surface area contributed by atoms with Crippen LogP contribution >= 0.6 is 0 Å². The fourth-order valence-corrected chi connectivity index (χ4v) is 3.62. The lowest BCUT2D eigenvalue weighted by atomic mass is 9.99. The summed E-state index contributed by atoms with van der Waals surface area (Å²) < 4.78 is 5.61. The number of amides is 1. The molecule has 0 fully saturated rings. The van der Waals surface area contributed by atoms with Gasteiger partial charge in [0, 0.05) is 30.9 Å². The van der Waals surface area contributed by atoms with Gasteiger partial charge in [0.1, 0.15) is 17.5 Å². The third-order valence-electron chi connectivity index (χ3n) is 4.96. The third-order valence-corrected chi connectivity index (χ3v) is 4.96. The molecule has 1 aliphatic heterocycles. The highest BCUT2D eigenvalue weighted by Crippen LogP contribution is 2.33. The number of H-pyrrole nitrogens is 2. The van der Waals surface area contributed by atoms with Crippen molar-refractivity contribution >= 4 is 5.91 Å². The number of rotatable bonds is 3. The second-order valence-corrected chi connectivity index (χ2v) is 6.75. The Kier molecular flexibility index (Phi) is 3.82. The minimum atomic E-state index is -0.352. The van der Waals surface area contributed by atoms with E-state index in [9.17, 15) is 4.79 Å². The molecular weight excluding hydrogens is 356 g/mol. The molecule has 1 unspecified atom stereocenters. The summed E-state index contributed by atoms with van der Waals surface area (Å²) >= 11 is 0. The van der Waals surface area contributed by atoms with Crippen LogP contribution in [0, 0.1) is 6.92 Å².